The van der Waals surface area contributed by atoms with Gasteiger partial charge in [0.25, 0.3) is 0 Å². The van der Waals surface area contributed by atoms with Crippen LogP contribution in [0.2, 0.25) is 0 Å². The van der Waals surface area contributed by atoms with E-state index in [-0.39, 0.29) is 30.4 Å². The molecule has 2 atom stereocenters. The minimum atomic E-state index is -0.188. The van der Waals surface area contributed by atoms with E-state index in [1.165, 1.54) is 5.56 Å². The van der Waals surface area contributed by atoms with Crippen LogP contribution >= 0.6 is 0 Å². The number of nitrogens with zero attached hydrogens (tertiary/aromatic N) is 2. The quantitative estimate of drug-likeness (QED) is 0.918. The molecule has 2 aromatic rings. The van der Waals surface area contributed by atoms with Crippen molar-refractivity contribution in [3.63, 3.8) is 0 Å². The number of hydrogen-bond donors (Lipinski definition) is 1. The van der Waals surface area contributed by atoms with E-state index in [9.17, 15) is 9.59 Å². The average Bonchev–Trinajstić information content (AvgIpc) is 2.75. The lowest BCUT2D eigenvalue weighted by atomic mass is 10.1. The molecule has 5 nitrogen and oxygen atoms in total. The number of benzene rings is 2. The first-order valence-corrected chi connectivity index (χ1v) is 8.93. The number of para-hydroxylation sites is 2. The first-order chi connectivity index (χ1) is 12.5. The van der Waals surface area contributed by atoms with E-state index in [0.717, 1.165) is 5.69 Å². The molecular formula is C21H25N3O2. The molecule has 0 unspecified atom stereocenters. The number of fused-ring (bicyclic) bond motifs is 1. The molecule has 1 aliphatic heterocycles. The number of carbonyl (C=O) groups excluding carboxylic acids is 2. The summed E-state index contributed by atoms with van der Waals surface area (Å²) < 4.78 is 0. The molecule has 0 radical (unpaired) electrons. The number of hydrogen-bond acceptors (Lipinski definition) is 3. The SMILES string of the molecule is C[C@@H](c1ccccc1)N(C)CC(=O)N1c2ccccc2NC(=O)C[C@@H]1C. The van der Waals surface area contributed by atoms with Crippen molar-refractivity contribution in [1.29, 1.82) is 0 Å². The maximum absolute atomic E-state index is 13.1. The second-order valence-corrected chi connectivity index (χ2v) is 6.88. The molecule has 136 valence electrons. The molecule has 1 N–H and O–H groups in total. The van der Waals surface area contributed by atoms with Crippen molar-refractivity contribution in [3.8, 4) is 0 Å². The molecule has 2 aromatic carbocycles. The lowest BCUT2D eigenvalue weighted by Gasteiger charge is -2.31. The Morgan fingerprint density at radius 3 is 2.58 bits per heavy atom. The zero-order valence-corrected chi connectivity index (χ0v) is 15.5. The molecule has 3 rings (SSSR count). The van der Waals surface area contributed by atoms with Crippen LogP contribution in [-0.4, -0.2) is 36.3 Å². The van der Waals surface area contributed by atoms with Crippen LogP contribution in [-0.2, 0) is 9.59 Å². The highest BCUT2D eigenvalue weighted by Crippen LogP contribution is 2.31. The summed E-state index contributed by atoms with van der Waals surface area (Å²) in [7, 11) is 1.95. The van der Waals surface area contributed by atoms with Crippen LogP contribution in [0, 0.1) is 0 Å². The summed E-state index contributed by atoms with van der Waals surface area (Å²) in [5, 5.41) is 2.89. The minimum absolute atomic E-state index is 0.00766. The molecule has 0 saturated heterocycles. The molecule has 26 heavy (non-hydrogen) atoms. The van der Waals surface area contributed by atoms with Gasteiger partial charge in [-0.15, -0.1) is 0 Å². The molecule has 0 fully saturated rings. The van der Waals surface area contributed by atoms with Crippen molar-refractivity contribution in [2.45, 2.75) is 32.4 Å². The van der Waals surface area contributed by atoms with Crippen LogP contribution in [0.1, 0.15) is 31.9 Å². The fourth-order valence-corrected chi connectivity index (χ4v) is 3.38. The largest absolute Gasteiger partial charge is 0.324 e. The van der Waals surface area contributed by atoms with Crippen LogP contribution in [0.5, 0.6) is 0 Å². The van der Waals surface area contributed by atoms with Crippen molar-refractivity contribution in [3.05, 3.63) is 60.2 Å². The normalized spacial score (nSPS) is 18.1. The summed E-state index contributed by atoms with van der Waals surface area (Å²) in [6.07, 6.45) is 0.290. The Hall–Kier alpha value is -2.66. The lowest BCUT2D eigenvalue weighted by Crippen LogP contribution is -2.44. The van der Waals surface area contributed by atoms with E-state index in [1.54, 1.807) is 4.90 Å². The standard InChI is InChI=1S/C21H25N3O2/c1-15-13-20(25)22-18-11-7-8-12-19(18)24(15)21(26)14-23(3)16(2)17-9-5-4-6-10-17/h4-12,15-16H,13-14H2,1-3H3,(H,22,25)/t15-,16-/m0/s1. The van der Waals surface area contributed by atoms with E-state index in [1.807, 2.05) is 61.3 Å². The Labute approximate surface area is 154 Å². The fourth-order valence-electron chi connectivity index (χ4n) is 3.38. The predicted molar refractivity (Wildman–Crippen MR) is 104 cm³/mol. The second kappa shape index (κ2) is 7.70. The topological polar surface area (TPSA) is 52.7 Å². The van der Waals surface area contributed by atoms with Crippen molar-refractivity contribution in [2.75, 3.05) is 23.8 Å². The molecule has 0 bridgehead atoms. The van der Waals surface area contributed by atoms with Gasteiger partial charge in [-0.1, -0.05) is 42.5 Å². The number of amides is 2. The summed E-state index contributed by atoms with van der Waals surface area (Å²) in [4.78, 5) is 29.0. The number of anilines is 2. The highest BCUT2D eigenvalue weighted by molar-refractivity contribution is 6.04. The van der Waals surface area contributed by atoms with Gasteiger partial charge in [-0.3, -0.25) is 14.5 Å². The molecule has 2 amide bonds. The molecule has 0 aliphatic carbocycles. The van der Waals surface area contributed by atoms with Crippen LogP contribution in [0.25, 0.3) is 0 Å². The summed E-state index contributed by atoms with van der Waals surface area (Å²) >= 11 is 0. The number of nitrogens with one attached hydrogen (secondary N) is 1. The summed E-state index contributed by atoms with van der Waals surface area (Å²) in [5.74, 6) is -0.0713. The molecule has 0 saturated carbocycles. The third-order valence-corrected chi connectivity index (χ3v) is 4.96. The molecular weight excluding hydrogens is 326 g/mol. The Morgan fingerprint density at radius 1 is 1.19 bits per heavy atom. The van der Waals surface area contributed by atoms with Gasteiger partial charge in [0.2, 0.25) is 11.8 Å². The third-order valence-electron chi connectivity index (χ3n) is 4.96. The first kappa shape index (κ1) is 18.1. The van der Waals surface area contributed by atoms with E-state index in [4.69, 9.17) is 0 Å². The van der Waals surface area contributed by atoms with Gasteiger partial charge in [-0.2, -0.15) is 0 Å². The van der Waals surface area contributed by atoms with Crippen molar-refractivity contribution in [1.82, 2.24) is 4.90 Å². The van der Waals surface area contributed by atoms with Crippen LogP contribution in [0.15, 0.2) is 54.6 Å². The van der Waals surface area contributed by atoms with E-state index in [2.05, 4.69) is 24.4 Å². The Kier molecular flexibility index (Phi) is 5.38. The second-order valence-electron chi connectivity index (χ2n) is 6.88. The van der Waals surface area contributed by atoms with Crippen molar-refractivity contribution in [2.24, 2.45) is 0 Å². The van der Waals surface area contributed by atoms with E-state index in [0.29, 0.717) is 12.1 Å². The number of carbonyl (C=O) groups is 2. The van der Waals surface area contributed by atoms with Gasteiger partial charge in [0, 0.05) is 18.5 Å². The van der Waals surface area contributed by atoms with Crippen molar-refractivity contribution < 1.29 is 9.59 Å². The minimum Gasteiger partial charge on any atom is -0.324 e. The molecule has 1 aliphatic rings. The highest BCUT2D eigenvalue weighted by atomic mass is 16.2. The molecule has 0 spiro atoms. The van der Waals surface area contributed by atoms with Gasteiger partial charge in [0.1, 0.15) is 0 Å². The van der Waals surface area contributed by atoms with Gasteiger partial charge >= 0.3 is 0 Å². The maximum atomic E-state index is 13.1. The van der Waals surface area contributed by atoms with Crippen LogP contribution < -0.4 is 10.2 Å². The molecule has 0 aromatic heterocycles. The predicted octanol–water partition coefficient (Wildman–Crippen LogP) is 3.44. The summed E-state index contributed by atoms with van der Waals surface area (Å²) in [5.41, 5.74) is 2.62. The van der Waals surface area contributed by atoms with Gasteiger partial charge in [0.15, 0.2) is 0 Å². The Balaban J connectivity index is 1.81. The van der Waals surface area contributed by atoms with Gasteiger partial charge in [-0.25, -0.2) is 0 Å². The smallest absolute Gasteiger partial charge is 0.241 e. The zero-order chi connectivity index (χ0) is 18.7. The highest BCUT2D eigenvalue weighted by Gasteiger charge is 2.30. The average molecular weight is 351 g/mol. The third kappa shape index (κ3) is 3.78. The Morgan fingerprint density at radius 2 is 1.85 bits per heavy atom. The lowest BCUT2D eigenvalue weighted by molar-refractivity contribution is -0.120. The Bertz CT molecular complexity index is 791. The van der Waals surface area contributed by atoms with Gasteiger partial charge < -0.3 is 10.2 Å². The number of rotatable bonds is 4. The summed E-state index contributed by atoms with van der Waals surface area (Å²) in [6, 6.07) is 17.5. The van der Waals surface area contributed by atoms with Crippen LogP contribution in [0.4, 0.5) is 11.4 Å². The van der Waals surface area contributed by atoms with E-state index < -0.39 is 0 Å². The van der Waals surface area contributed by atoms with Crippen molar-refractivity contribution >= 4 is 23.2 Å². The van der Waals surface area contributed by atoms with Gasteiger partial charge in [-0.05, 0) is 38.6 Å². The molecule has 1 heterocycles. The fraction of sp³-hybridized carbons (Fsp3) is 0.333. The first-order valence-electron chi connectivity index (χ1n) is 8.93. The monoisotopic (exact) mass is 351 g/mol. The maximum Gasteiger partial charge on any atom is 0.241 e. The van der Waals surface area contributed by atoms with Crippen LogP contribution in [0.3, 0.4) is 0 Å². The number of likely N-dealkylation sites (N-methyl/N-ethyl adjacent to an activating group) is 1. The van der Waals surface area contributed by atoms with Gasteiger partial charge in [0.05, 0.1) is 17.9 Å². The van der Waals surface area contributed by atoms with E-state index >= 15 is 0 Å². The zero-order valence-electron chi connectivity index (χ0n) is 15.5. The summed E-state index contributed by atoms with van der Waals surface area (Å²) in [6.45, 7) is 4.29. The molecule has 5 heteroatoms.